The van der Waals surface area contributed by atoms with Crippen LogP contribution in [-0.2, 0) is 0 Å². The minimum atomic E-state index is 0.686. The summed E-state index contributed by atoms with van der Waals surface area (Å²) in [5.41, 5.74) is 1.11. The Morgan fingerprint density at radius 3 is 3.00 bits per heavy atom. The molecular weight excluding hydrogens is 126 g/mol. The molecule has 0 aromatic carbocycles. The van der Waals surface area contributed by atoms with Crippen LogP contribution in [0.2, 0.25) is 0 Å². The molecule has 2 rings (SSSR count). The second kappa shape index (κ2) is 2.01. The highest BCUT2D eigenvalue weighted by Crippen LogP contribution is 2.22. The molecule has 10 heavy (non-hydrogen) atoms. The molecule has 1 aromatic rings. The molecule has 1 aliphatic rings. The van der Waals surface area contributed by atoms with E-state index in [1.807, 2.05) is 13.1 Å². The number of imidazole rings is 1. The highest BCUT2D eigenvalue weighted by molar-refractivity contribution is 5.29. The van der Waals surface area contributed by atoms with Gasteiger partial charge in [0.05, 0.1) is 0 Å². The Balaban J connectivity index is 2.03. The van der Waals surface area contributed by atoms with Crippen molar-refractivity contribution in [1.29, 1.82) is 0 Å². The number of hydrogen-bond acceptors (Lipinski definition) is 2. The number of nitrogens with zero attached hydrogens (tertiary/aromatic N) is 1. The van der Waals surface area contributed by atoms with Crippen LogP contribution in [0.5, 0.6) is 0 Å². The van der Waals surface area contributed by atoms with Crippen molar-refractivity contribution < 1.29 is 0 Å². The Kier molecular flexibility index (Phi) is 1.16. The van der Waals surface area contributed by atoms with Crippen LogP contribution in [0.25, 0.3) is 0 Å². The van der Waals surface area contributed by atoms with E-state index in [0.29, 0.717) is 6.04 Å². The molecule has 0 spiro atoms. The van der Waals surface area contributed by atoms with E-state index in [-0.39, 0.29) is 0 Å². The minimum Gasteiger partial charge on any atom is -0.353 e. The second-order valence-corrected chi connectivity index (χ2v) is 2.83. The van der Waals surface area contributed by atoms with Crippen molar-refractivity contribution >= 4 is 5.95 Å². The first-order chi connectivity index (χ1) is 4.84. The number of anilines is 1. The van der Waals surface area contributed by atoms with Gasteiger partial charge in [0.15, 0.2) is 0 Å². The summed E-state index contributed by atoms with van der Waals surface area (Å²) in [5, 5.41) is 3.27. The van der Waals surface area contributed by atoms with E-state index in [0.717, 1.165) is 11.6 Å². The van der Waals surface area contributed by atoms with E-state index in [4.69, 9.17) is 0 Å². The number of aromatic nitrogens is 2. The first kappa shape index (κ1) is 5.77. The zero-order valence-electron chi connectivity index (χ0n) is 6.02. The molecule has 3 heteroatoms. The monoisotopic (exact) mass is 137 g/mol. The van der Waals surface area contributed by atoms with E-state index in [1.165, 1.54) is 12.8 Å². The summed E-state index contributed by atoms with van der Waals surface area (Å²) in [5.74, 6) is 0.917. The van der Waals surface area contributed by atoms with Gasteiger partial charge < -0.3 is 10.3 Å². The third kappa shape index (κ3) is 1.12. The number of H-pyrrole nitrogens is 1. The average molecular weight is 137 g/mol. The molecule has 0 atom stereocenters. The van der Waals surface area contributed by atoms with Crippen molar-refractivity contribution in [1.82, 2.24) is 9.97 Å². The molecule has 1 heterocycles. The molecule has 1 saturated carbocycles. The zero-order chi connectivity index (χ0) is 6.97. The highest BCUT2D eigenvalue weighted by atomic mass is 15.1. The lowest BCUT2D eigenvalue weighted by Gasteiger charge is -1.95. The fourth-order valence-corrected chi connectivity index (χ4v) is 0.907. The summed E-state index contributed by atoms with van der Waals surface area (Å²) >= 11 is 0. The number of aryl methyl sites for hydroxylation is 1. The standard InChI is InChI=1S/C7H11N3/c1-5-4-8-7(9-5)10-6-2-3-6/h4,6H,2-3H2,1H3,(H2,8,9,10). The summed E-state index contributed by atoms with van der Waals surface area (Å²) < 4.78 is 0. The lowest BCUT2D eigenvalue weighted by Crippen LogP contribution is -2.01. The quantitative estimate of drug-likeness (QED) is 0.645. The van der Waals surface area contributed by atoms with Crippen LogP contribution in [0.15, 0.2) is 6.20 Å². The van der Waals surface area contributed by atoms with Crippen LogP contribution in [0.3, 0.4) is 0 Å². The van der Waals surface area contributed by atoms with Crippen LogP contribution < -0.4 is 5.32 Å². The van der Waals surface area contributed by atoms with E-state index >= 15 is 0 Å². The second-order valence-electron chi connectivity index (χ2n) is 2.83. The summed E-state index contributed by atoms with van der Waals surface area (Å²) in [6.45, 7) is 2.01. The van der Waals surface area contributed by atoms with Crippen molar-refractivity contribution in [3.8, 4) is 0 Å². The molecule has 1 fully saturated rings. The lowest BCUT2D eigenvalue weighted by molar-refractivity contribution is 1.09. The smallest absolute Gasteiger partial charge is 0.200 e. The first-order valence-electron chi connectivity index (χ1n) is 3.63. The van der Waals surface area contributed by atoms with Crippen molar-refractivity contribution in [2.45, 2.75) is 25.8 Å². The Bertz CT molecular complexity index is 225. The molecule has 0 bridgehead atoms. The molecule has 1 aromatic heterocycles. The molecule has 0 amide bonds. The van der Waals surface area contributed by atoms with Crippen molar-refractivity contribution in [2.75, 3.05) is 5.32 Å². The maximum atomic E-state index is 4.13. The Morgan fingerprint density at radius 2 is 2.50 bits per heavy atom. The summed E-state index contributed by atoms with van der Waals surface area (Å²) in [4.78, 5) is 7.25. The Labute approximate surface area is 59.9 Å². The maximum Gasteiger partial charge on any atom is 0.200 e. The predicted molar refractivity (Wildman–Crippen MR) is 40.0 cm³/mol. The van der Waals surface area contributed by atoms with Gasteiger partial charge >= 0.3 is 0 Å². The first-order valence-corrected chi connectivity index (χ1v) is 3.63. The van der Waals surface area contributed by atoms with Crippen molar-refractivity contribution in [2.24, 2.45) is 0 Å². The van der Waals surface area contributed by atoms with Crippen LogP contribution in [0.1, 0.15) is 18.5 Å². The molecule has 0 radical (unpaired) electrons. The van der Waals surface area contributed by atoms with E-state index in [1.54, 1.807) is 0 Å². The van der Waals surface area contributed by atoms with E-state index in [9.17, 15) is 0 Å². The topological polar surface area (TPSA) is 40.7 Å². The van der Waals surface area contributed by atoms with Crippen LogP contribution in [0.4, 0.5) is 5.95 Å². The maximum absolute atomic E-state index is 4.13. The number of nitrogens with one attached hydrogen (secondary N) is 2. The zero-order valence-corrected chi connectivity index (χ0v) is 6.02. The van der Waals surface area contributed by atoms with Gasteiger partial charge in [-0.2, -0.15) is 0 Å². The molecular formula is C7H11N3. The SMILES string of the molecule is Cc1cnc(NC2CC2)[nH]1. The summed E-state index contributed by atoms with van der Waals surface area (Å²) in [7, 11) is 0. The van der Waals surface area contributed by atoms with Gasteiger partial charge in [0.2, 0.25) is 5.95 Å². The van der Waals surface area contributed by atoms with Gasteiger partial charge in [0.1, 0.15) is 0 Å². The molecule has 3 nitrogen and oxygen atoms in total. The number of aromatic amines is 1. The van der Waals surface area contributed by atoms with Gasteiger partial charge in [-0.15, -0.1) is 0 Å². The number of hydrogen-bond donors (Lipinski definition) is 2. The van der Waals surface area contributed by atoms with Crippen LogP contribution >= 0.6 is 0 Å². The summed E-state index contributed by atoms with van der Waals surface area (Å²) in [6.07, 6.45) is 4.42. The Hall–Kier alpha value is -0.990. The normalized spacial score (nSPS) is 17.3. The third-order valence-corrected chi connectivity index (χ3v) is 1.62. The molecule has 0 unspecified atom stereocenters. The molecule has 54 valence electrons. The largest absolute Gasteiger partial charge is 0.353 e. The lowest BCUT2D eigenvalue weighted by atomic mass is 10.6. The molecule has 1 aliphatic carbocycles. The summed E-state index contributed by atoms with van der Waals surface area (Å²) in [6, 6.07) is 0.686. The fourth-order valence-electron chi connectivity index (χ4n) is 0.907. The minimum absolute atomic E-state index is 0.686. The van der Waals surface area contributed by atoms with E-state index < -0.39 is 0 Å². The van der Waals surface area contributed by atoms with Crippen molar-refractivity contribution in [3.05, 3.63) is 11.9 Å². The van der Waals surface area contributed by atoms with Crippen LogP contribution in [-0.4, -0.2) is 16.0 Å². The van der Waals surface area contributed by atoms with Gasteiger partial charge in [0, 0.05) is 17.9 Å². The molecule has 0 aliphatic heterocycles. The van der Waals surface area contributed by atoms with Gasteiger partial charge in [-0.1, -0.05) is 0 Å². The Morgan fingerprint density at radius 1 is 1.70 bits per heavy atom. The predicted octanol–water partition coefficient (Wildman–Crippen LogP) is 1.29. The van der Waals surface area contributed by atoms with Gasteiger partial charge in [-0.25, -0.2) is 4.98 Å². The average Bonchev–Trinajstić information content (AvgIpc) is 2.59. The number of rotatable bonds is 2. The highest BCUT2D eigenvalue weighted by Gasteiger charge is 2.21. The van der Waals surface area contributed by atoms with Crippen molar-refractivity contribution in [3.63, 3.8) is 0 Å². The molecule has 2 N–H and O–H groups in total. The van der Waals surface area contributed by atoms with Gasteiger partial charge in [-0.05, 0) is 19.8 Å². The molecule has 0 saturated heterocycles. The van der Waals surface area contributed by atoms with E-state index in [2.05, 4.69) is 15.3 Å². The van der Waals surface area contributed by atoms with Gasteiger partial charge in [-0.3, -0.25) is 0 Å². The van der Waals surface area contributed by atoms with Gasteiger partial charge in [0.25, 0.3) is 0 Å². The fraction of sp³-hybridized carbons (Fsp3) is 0.571. The third-order valence-electron chi connectivity index (χ3n) is 1.62. The van der Waals surface area contributed by atoms with Crippen LogP contribution in [0, 0.1) is 6.92 Å².